The van der Waals surface area contributed by atoms with E-state index in [0.717, 1.165) is 43.1 Å². The molecule has 157 valence electrons. The Bertz CT molecular complexity index is 628. The van der Waals surface area contributed by atoms with Crippen LogP contribution in [0.3, 0.4) is 0 Å². The number of halogens is 4. The Morgan fingerprint density at radius 2 is 1.82 bits per heavy atom. The van der Waals surface area contributed by atoms with Gasteiger partial charge in [-0.05, 0) is 25.0 Å². The summed E-state index contributed by atoms with van der Waals surface area (Å²) in [6, 6.07) is 6.10. The van der Waals surface area contributed by atoms with Crippen LogP contribution in [0.2, 0.25) is 18.1 Å². The number of carbonyl (C=O) groups is 1. The summed E-state index contributed by atoms with van der Waals surface area (Å²) in [6.45, 7) is 2.20. The van der Waals surface area contributed by atoms with Gasteiger partial charge >= 0.3 is 12.3 Å². The molecule has 1 aliphatic rings. The van der Waals surface area contributed by atoms with E-state index in [1.807, 2.05) is 0 Å². The summed E-state index contributed by atoms with van der Waals surface area (Å²) < 4.78 is 58.9. The molecule has 1 aliphatic heterocycles. The van der Waals surface area contributed by atoms with Gasteiger partial charge in [-0.3, -0.25) is 4.79 Å². The summed E-state index contributed by atoms with van der Waals surface area (Å²) in [5.41, 5.74) is 0. The molecule has 0 bridgehead atoms. The summed E-state index contributed by atoms with van der Waals surface area (Å²) in [7, 11) is -0.393. The summed E-state index contributed by atoms with van der Waals surface area (Å²) in [6.07, 6.45) is 2.96. The van der Waals surface area contributed by atoms with Crippen molar-refractivity contribution in [2.45, 2.75) is 76.4 Å². The zero-order valence-electron chi connectivity index (χ0n) is 16.1. The highest BCUT2D eigenvalue weighted by Gasteiger charge is 2.33. The lowest BCUT2D eigenvalue weighted by molar-refractivity contribution is -0.275. The third kappa shape index (κ3) is 7.81. The minimum atomic E-state index is -4.98. The number of rotatable bonds is 9. The van der Waals surface area contributed by atoms with Gasteiger partial charge in [-0.25, -0.2) is 4.39 Å². The van der Waals surface area contributed by atoms with Crippen molar-refractivity contribution >= 4 is 14.8 Å². The fourth-order valence-electron chi connectivity index (χ4n) is 3.44. The predicted molar refractivity (Wildman–Crippen MR) is 100 cm³/mol. The monoisotopic (exact) mass is 419 g/mol. The van der Waals surface area contributed by atoms with E-state index in [2.05, 4.69) is 11.7 Å². The molecular weight excluding hydrogens is 392 g/mol. The molecule has 0 amide bonds. The van der Waals surface area contributed by atoms with Crippen LogP contribution in [0.1, 0.15) is 51.9 Å². The van der Waals surface area contributed by atoms with Gasteiger partial charge in [0.25, 0.3) is 0 Å². The highest BCUT2D eigenvalue weighted by molar-refractivity contribution is 6.59. The first-order chi connectivity index (χ1) is 13.3. The first kappa shape index (κ1) is 22.7. The van der Waals surface area contributed by atoms with Crippen LogP contribution in [-0.2, 0) is 4.79 Å². The van der Waals surface area contributed by atoms with E-state index < -0.39 is 32.7 Å². The van der Waals surface area contributed by atoms with Crippen molar-refractivity contribution in [3.05, 3.63) is 24.0 Å². The van der Waals surface area contributed by atoms with Gasteiger partial charge < -0.3 is 9.47 Å². The Labute approximate surface area is 165 Å². The highest BCUT2D eigenvalue weighted by Crippen LogP contribution is 2.31. The normalized spacial score (nSPS) is 16.2. The van der Waals surface area contributed by atoms with Crippen LogP contribution >= 0.6 is 0 Å². The molecule has 1 heterocycles. The van der Waals surface area contributed by atoms with Crippen molar-refractivity contribution in [3.8, 4) is 11.5 Å². The molecule has 28 heavy (non-hydrogen) atoms. The molecule has 1 aromatic carbocycles. The second-order valence-corrected chi connectivity index (χ2v) is 10.2. The fourth-order valence-corrected chi connectivity index (χ4v) is 6.46. The van der Waals surface area contributed by atoms with E-state index in [0.29, 0.717) is 0 Å². The largest absolute Gasteiger partial charge is 0.573 e. The molecule has 0 atom stereocenters. The second kappa shape index (κ2) is 10.8. The van der Waals surface area contributed by atoms with Crippen molar-refractivity contribution in [1.82, 2.24) is 0 Å². The number of hydrogen-bond donors (Lipinski definition) is 0. The topological polar surface area (TPSA) is 35.5 Å². The maximum Gasteiger partial charge on any atom is 0.573 e. The molecule has 0 aromatic heterocycles. The first-order valence-corrected chi connectivity index (χ1v) is 12.0. The van der Waals surface area contributed by atoms with E-state index in [4.69, 9.17) is 4.74 Å². The van der Waals surface area contributed by atoms with E-state index >= 15 is 0 Å². The van der Waals surface area contributed by atoms with Crippen molar-refractivity contribution in [3.63, 3.8) is 0 Å². The molecule has 0 aliphatic carbocycles. The summed E-state index contributed by atoms with van der Waals surface area (Å²) in [5, 5.41) is 0. The van der Waals surface area contributed by atoms with Gasteiger partial charge in [0.15, 0.2) is 11.6 Å². The molecular formula is C20H27F4O3Si. The quantitative estimate of drug-likeness (QED) is 0.151. The minimum Gasteiger partial charge on any atom is -0.426 e. The molecule has 0 spiro atoms. The van der Waals surface area contributed by atoms with Crippen LogP contribution in [0.4, 0.5) is 17.6 Å². The van der Waals surface area contributed by atoms with Gasteiger partial charge in [-0.2, -0.15) is 0 Å². The Morgan fingerprint density at radius 3 is 2.43 bits per heavy atom. The van der Waals surface area contributed by atoms with Crippen LogP contribution < -0.4 is 9.47 Å². The average molecular weight is 420 g/mol. The van der Waals surface area contributed by atoms with E-state index in [9.17, 15) is 22.4 Å². The third-order valence-electron chi connectivity index (χ3n) is 5.01. The van der Waals surface area contributed by atoms with E-state index in [1.54, 1.807) is 0 Å². The van der Waals surface area contributed by atoms with Crippen LogP contribution in [0.15, 0.2) is 18.2 Å². The van der Waals surface area contributed by atoms with Crippen LogP contribution in [0, 0.1) is 11.7 Å². The fraction of sp³-hybridized carbons (Fsp3) is 0.650. The molecule has 8 heteroatoms. The number of carbonyl (C=O) groups excluding carboxylic acids is 1. The van der Waals surface area contributed by atoms with Crippen molar-refractivity contribution in [1.29, 1.82) is 0 Å². The van der Waals surface area contributed by atoms with Gasteiger partial charge in [0.2, 0.25) is 0 Å². The molecule has 1 fully saturated rings. The Balaban J connectivity index is 1.76. The zero-order chi connectivity index (χ0) is 20.6. The minimum absolute atomic E-state index is 0.107. The SMILES string of the molecule is CCCCCCC[Si]1CCC(C(=O)Oc2ccc(OC(F)(F)F)c(F)c2)CC1. The smallest absolute Gasteiger partial charge is 0.426 e. The number of unbranched alkanes of at least 4 members (excludes halogenated alkanes) is 4. The maximum atomic E-state index is 13.7. The van der Waals surface area contributed by atoms with E-state index in [-0.39, 0.29) is 11.7 Å². The van der Waals surface area contributed by atoms with Crippen LogP contribution in [0.25, 0.3) is 0 Å². The standard InChI is InChI=1S/C20H27F4O3Si/c1-2-3-4-5-6-11-28-12-9-15(10-13-28)19(25)26-16-7-8-18(17(21)14-16)27-20(22,23)24/h7-8,14-15H,2-6,9-13H2,1H3. The van der Waals surface area contributed by atoms with E-state index in [1.165, 1.54) is 38.1 Å². The second-order valence-electron chi connectivity index (χ2n) is 7.25. The Kier molecular flexibility index (Phi) is 8.79. The molecule has 0 unspecified atom stereocenters. The third-order valence-corrected chi connectivity index (χ3v) is 8.06. The Hall–Kier alpha value is -1.57. The van der Waals surface area contributed by atoms with Crippen molar-refractivity contribution in [2.24, 2.45) is 5.92 Å². The number of esters is 1. The lowest BCUT2D eigenvalue weighted by atomic mass is 10.0. The number of alkyl halides is 3. The van der Waals surface area contributed by atoms with Gasteiger partial charge in [0, 0.05) is 14.9 Å². The molecule has 3 nitrogen and oxygen atoms in total. The number of ether oxygens (including phenoxy) is 2. The summed E-state index contributed by atoms with van der Waals surface area (Å²) >= 11 is 0. The lowest BCUT2D eigenvalue weighted by Crippen LogP contribution is -2.28. The molecule has 1 aromatic rings. The van der Waals surface area contributed by atoms with Gasteiger partial charge in [-0.15, -0.1) is 13.2 Å². The van der Waals surface area contributed by atoms with Crippen LogP contribution in [0.5, 0.6) is 11.5 Å². The summed E-state index contributed by atoms with van der Waals surface area (Å²) in [5.74, 6) is -2.93. The first-order valence-electron chi connectivity index (χ1n) is 9.89. The van der Waals surface area contributed by atoms with Gasteiger partial charge in [0.05, 0.1) is 5.92 Å². The van der Waals surface area contributed by atoms with Gasteiger partial charge in [-0.1, -0.05) is 57.2 Å². The van der Waals surface area contributed by atoms with Crippen LogP contribution in [-0.4, -0.2) is 21.1 Å². The lowest BCUT2D eigenvalue weighted by Gasteiger charge is -2.26. The number of hydrogen-bond acceptors (Lipinski definition) is 3. The van der Waals surface area contributed by atoms with Crippen molar-refractivity contribution in [2.75, 3.05) is 0 Å². The molecule has 1 saturated heterocycles. The zero-order valence-corrected chi connectivity index (χ0v) is 17.1. The van der Waals surface area contributed by atoms with Gasteiger partial charge in [0.1, 0.15) is 5.75 Å². The maximum absolute atomic E-state index is 13.7. The highest BCUT2D eigenvalue weighted by atomic mass is 28.3. The predicted octanol–water partition coefficient (Wildman–Crippen LogP) is 6.50. The molecule has 1 radical (unpaired) electrons. The molecule has 2 rings (SSSR count). The number of benzene rings is 1. The molecule has 0 saturated carbocycles. The van der Waals surface area contributed by atoms with Crippen molar-refractivity contribution < 1.29 is 31.8 Å². The Morgan fingerprint density at radius 1 is 1.14 bits per heavy atom. The average Bonchev–Trinajstić information content (AvgIpc) is 2.63. The molecule has 0 N–H and O–H groups in total. The summed E-state index contributed by atoms with van der Waals surface area (Å²) in [4.78, 5) is 12.3.